The highest BCUT2D eigenvalue weighted by Crippen LogP contribution is 2.22. The Morgan fingerprint density at radius 2 is 1.77 bits per heavy atom. The Morgan fingerprint density at radius 1 is 1.03 bits per heavy atom. The molecule has 1 heterocycles. The molecular weight excluding hydrogens is 407 g/mol. The summed E-state index contributed by atoms with van der Waals surface area (Å²) in [4.78, 5) is 29.3. The highest BCUT2D eigenvalue weighted by Gasteiger charge is 2.15. The lowest BCUT2D eigenvalue weighted by molar-refractivity contribution is 0.0697. The van der Waals surface area contributed by atoms with Crippen LogP contribution in [0.4, 0.5) is 4.39 Å². The summed E-state index contributed by atoms with van der Waals surface area (Å²) in [6, 6.07) is 17.1. The predicted molar refractivity (Wildman–Crippen MR) is 115 cm³/mol. The smallest absolute Gasteiger partial charge is 0.337 e. The number of aromatic carboxylic acids is 1. The van der Waals surface area contributed by atoms with Crippen molar-refractivity contribution in [3.8, 4) is 5.69 Å². The standard InChI is InChI=1S/C23H14ClFN2O3/c24-19-11-10-16(13-18(19)23(29)30)27-21(12-7-14-5-8-15(25)9-6-14)26-20-4-2-1-3-17(20)22(27)28/h1-13H,(H,29,30)/b12-7-. The maximum Gasteiger partial charge on any atom is 0.337 e. The Kier molecular flexibility index (Phi) is 5.16. The summed E-state index contributed by atoms with van der Waals surface area (Å²) in [7, 11) is 0. The van der Waals surface area contributed by atoms with Gasteiger partial charge in [0, 0.05) is 0 Å². The SMILES string of the molecule is O=C(O)c1cc(-n2c(/C=C\c3ccc(F)cc3)nc3ccccc3c2=O)ccc1Cl. The lowest BCUT2D eigenvalue weighted by Gasteiger charge is -2.12. The molecule has 0 aliphatic rings. The van der Waals surface area contributed by atoms with E-state index < -0.39 is 5.97 Å². The summed E-state index contributed by atoms with van der Waals surface area (Å²) in [5, 5.41) is 9.85. The molecule has 0 radical (unpaired) electrons. The van der Waals surface area contributed by atoms with Gasteiger partial charge in [0.15, 0.2) is 0 Å². The summed E-state index contributed by atoms with van der Waals surface area (Å²) in [5.74, 6) is -1.26. The van der Waals surface area contributed by atoms with E-state index in [4.69, 9.17) is 11.6 Å². The van der Waals surface area contributed by atoms with Gasteiger partial charge < -0.3 is 5.11 Å². The van der Waals surface area contributed by atoms with Crippen LogP contribution in [0.15, 0.2) is 71.5 Å². The molecule has 7 heteroatoms. The molecular formula is C23H14ClFN2O3. The van der Waals surface area contributed by atoms with Gasteiger partial charge in [-0.1, -0.05) is 41.9 Å². The summed E-state index contributed by atoms with van der Waals surface area (Å²) >= 11 is 5.98. The van der Waals surface area contributed by atoms with Crippen LogP contribution in [0.2, 0.25) is 5.02 Å². The van der Waals surface area contributed by atoms with E-state index in [0.717, 1.165) is 0 Å². The first kappa shape index (κ1) is 19.5. The van der Waals surface area contributed by atoms with Crippen molar-refractivity contribution in [3.05, 3.63) is 105 Å². The quantitative estimate of drug-likeness (QED) is 0.501. The van der Waals surface area contributed by atoms with Gasteiger partial charge in [-0.05, 0) is 54.1 Å². The van der Waals surface area contributed by atoms with Gasteiger partial charge in [-0.3, -0.25) is 9.36 Å². The van der Waals surface area contributed by atoms with E-state index in [-0.39, 0.29) is 22.0 Å². The highest BCUT2D eigenvalue weighted by atomic mass is 35.5. The zero-order valence-electron chi connectivity index (χ0n) is 15.4. The lowest BCUT2D eigenvalue weighted by Crippen LogP contribution is -2.22. The molecule has 0 spiro atoms. The Bertz CT molecular complexity index is 1360. The molecule has 1 aromatic heterocycles. The normalized spacial score (nSPS) is 11.3. The Labute approximate surface area is 175 Å². The van der Waals surface area contributed by atoms with Crippen LogP contribution < -0.4 is 5.56 Å². The van der Waals surface area contributed by atoms with E-state index in [1.807, 2.05) is 0 Å². The first-order valence-electron chi connectivity index (χ1n) is 8.93. The molecule has 0 bridgehead atoms. The van der Waals surface area contributed by atoms with E-state index in [1.54, 1.807) is 54.6 Å². The van der Waals surface area contributed by atoms with Gasteiger partial charge >= 0.3 is 5.97 Å². The van der Waals surface area contributed by atoms with Crippen LogP contribution in [0.25, 0.3) is 28.7 Å². The molecule has 1 N–H and O–H groups in total. The minimum Gasteiger partial charge on any atom is -0.478 e. The van der Waals surface area contributed by atoms with Crippen molar-refractivity contribution in [3.63, 3.8) is 0 Å². The van der Waals surface area contributed by atoms with Crippen molar-refractivity contribution < 1.29 is 14.3 Å². The molecule has 0 atom stereocenters. The molecule has 4 rings (SSSR count). The maximum atomic E-state index is 13.2. The number of carbonyl (C=O) groups is 1. The van der Waals surface area contributed by atoms with Crippen LogP contribution in [0.3, 0.4) is 0 Å². The van der Waals surface area contributed by atoms with E-state index in [0.29, 0.717) is 28.0 Å². The molecule has 148 valence electrons. The van der Waals surface area contributed by atoms with Crippen molar-refractivity contribution in [2.75, 3.05) is 0 Å². The maximum absolute atomic E-state index is 13.2. The second-order valence-corrected chi connectivity index (χ2v) is 6.89. The van der Waals surface area contributed by atoms with Gasteiger partial charge in [-0.25, -0.2) is 14.2 Å². The fourth-order valence-electron chi connectivity index (χ4n) is 3.07. The molecule has 0 fully saturated rings. The van der Waals surface area contributed by atoms with Crippen molar-refractivity contribution in [2.24, 2.45) is 0 Å². The van der Waals surface area contributed by atoms with E-state index in [9.17, 15) is 19.1 Å². The first-order chi connectivity index (χ1) is 14.4. The van der Waals surface area contributed by atoms with E-state index in [2.05, 4.69) is 4.98 Å². The average molecular weight is 421 g/mol. The highest BCUT2D eigenvalue weighted by molar-refractivity contribution is 6.33. The number of para-hydroxylation sites is 1. The number of carboxylic acids is 1. The summed E-state index contributed by atoms with van der Waals surface area (Å²) in [6.45, 7) is 0. The lowest BCUT2D eigenvalue weighted by atomic mass is 10.1. The van der Waals surface area contributed by atoms with E-state index in [1.165, 1.54) is 28.8 Å². The van der Waals surface area contributed by atoms with Gasteiger partial charge in [-0.15, -0.1) is 0 Å². The van der Waals surface area contributed by atoms with Crippen LogP contribution >= 0.6 is 11.6 Å². The zero-order valence-corrected chi connectivity index (χ0v) is 16.2. The number of hydrogen-bond acceptors (Lipinski definition) is 3. The minimum absolute atomic E-state index is 0.0662. The second-order valence-electron chi connectivity index (χ2n) is 6.48. The molecule has 0 amide bonds. The molecule has 5 nitrogen and oxygen atoms in total. The first-order valence-corrected chi connectivity index (χ1v) is 9.30. The van der Waals surface area contributed by atoms with Gasteiger partial charge in [0.25, 0.3) is 5.56 Å². The Hall–Kier alpha value is -3.77. The fourth-order valence-corrected chi connectivity index (χ4v) is 3.27. The van der Waals surface area contributed by atoms with Gasteiger partial charge in [0.2, 0.25) is 0 Å². The number of halogens is 2. The van der Waals surface area contributed by atoms with Crippen LogP contribution in [0, 0.1) is 5.82 Å². The van der Waals surface area contributed by atoms with Crippen molar-refractivity contribution >= 4 is 40.6 Å². The third kappa shape index (κ3) is 3.73. The van der Waals surface area contributed by atoms with Gasteiger partial charge in [-0.2, -0.15) is 0 Å². The molecule has 0 unspecified atom stereocenters. The van der Waals surface area contributed by atoms with Crippen molar-refractivity contribution in [2.45, 2.75) is 0 Å². The van der Waals surface area contributed by atoms with Gasteiger partial charge in [0.1, 0.15) is 11.6 Å². The number of rotatable bonds is 4. The fraction of sp³-hybridized carbons (Fsp3) is 0. The number of aromatic nitrogens is 2. The van der Waals surface area contributed by atoms with Crippen molar-refractivity contribution in [1.82, 2.24) is 9.55 Å². The molecule has 0 saturated carbocycles. The van der Waals surface area contributed by atoms with Crippen LogP contribution in [0.1, 0.15) is 21.7 Å². The number of fused-ring (bicyclic) bond motifs is 1. The molecule has 0 saturated heterocycles. The van der Waals surface area contributed by atoms with E-state index >= 15 is 0 Å². The third-order valence-corrected chi connectivity index (χ3v) is 4.86. The topological polar surface area (TPSA) is 72.2 Å². The third-order valence-electron chi connectivity index (χ3n) is 4.54. The van der Waals surface area contributed by atoms with Crippen LogP contribution in [-0.4, -0.2) is 20.6 Å². The zero-order chi connectivity index (χ0) is 21.3. The van der Waals surface area contributed by atoms with Crippen LogP contribution in [-0.2, 0) is 0 Å². The second kappa shape index (κ2) is 7.93. The Morgan fingerprint density at radius 3 is 2.50 bits per heavy atom. The van der Waals surface area contributed by atoms with Crippen molar-refractivity contribution in [1.29, 1.82) is 0 Å². The summed E-state index contributed by atoms with van der Waals surface area (Å²) in [5.41, 5.74) is 1.07. The molecule has 4 aromatic rings. The van der Waals surface area contributed by atoms with Gasteiger partial charge in [0.05, 0.1) is 27.2 Å². The monoisotopic (exact) mass is 420 g/mol. The van der Waals surface area contributed by atoms with Crippen LogP contribution in [0.5, 0.6) is 0 Å². The Balaban J connectivity index is 1.95. The predicted octanol–water partition coefficient (Wildman–Crippen LogP) is 5.05. The number of nitrogens with zero attached hydrogens (tertiary/aromatic N) is 2. The summed E-state index contributed by atoms with van der Waals surface area (Å²) < 4.78 is 14.5. The molecule has 3 aromatic carbocycles. The largest absolute Gasteiger partial charge is 0.478 e. The number of benzene rings is 3. The molecule has 0 aliphatic heterocycles. The average Bonchev–Trinajstić information content (AvgIpc) is 2.74. The minimum atomic E-state index is -1.20. The number of carboxylic acid groups (broad SMARTS) is 1. The molecule has 0 aliphatic carbocycles. The summed E-state index contributed by atoms with van der Waals surface area (Å²) in [6.07, 6.45) is 3.32. The molecule has 30 heavy (non-hydrogen) atoms. The number of hydrogen-bond donors (Lipinski definition) is 1.